The Morgan fingerprint density at radius 1 is 1.45 bits per heavy atom. The quantitative estimate of drug-likeness (QED) is 0.862. The molecule has 5 nitrogen and oxygen atoms in total. The summed E-state index contributed by atoms with van der Waals surface area (Å²) in [5, 5.41) is 9.45. The van der Waals surface area contributed by atoms with E-state index >= 15 is 0 Å². The van der Waals surface area contributed by atoms with Crippen molar-refractivity contribution in [2.45, 2.75) is 26.3 Å². The first-order chi connectivity index (χ1) is 9.42. The topological polar surface area (TPSA) is 66.8 Å². The maximum absolute atomic E-state index is 11.7. The van der Waals surface area contributed by atoms with Crippen LogP contribution >= 0.6 is 15.9 Å². The molecule has 1 atom stereocenters. The molecule has 1 aromatic carbocycles. The van der Waals surface area contributed by atoms with E-state index in [-0.39, 0.29) is 5.91 Å². The molecule has 0 radical (unpaired) electrons. The van der Waals surface area contributed by atoms with E-state index in [1.807, 2.05) is 6.92 Å². The van der Waals surface area contributed by atoms with Crippen molar-refractivity contribution < 1.29 is 19.4 Å². The normalized spacial score (nSPS) is 11.8. The Morgan fingerprint density at radius 2 is 2.10 bits per heavy atom. The molecule has 1 N–H and O–H groups in total. The molecular formula is C14H18BrNO4. The third kappa shape index (κ3) is 3.72. The first kappa shape index (κ1) is 16.5. The van der Waals surface area contributed by atoms with Crippen molar-refractivity contribution in [3.63, 3.8) is 0 Å². The molecule has 110 valence electrons. The number of amides is 1. The summed E-state index contributed by atoms with van der Waals surface area (Å²) in [6, 6.07) is 4.02. The number of halogens is 1. The molecule has 1 aromatic rings. The van der Waals surface area contributed by atoms with Crippen molar-refractivity contribution in [3.05, 3.63) is 28.2 Å². The van der Waals surface area contributed by atoms with Crippen LogP contribution in [-0.4, -0.2) is 35.5 Å². The van der Waals surface area contributed by atoms with Gasteiger partial charge in [0.25, 0.3) is 0 Å². The van der Waals surface area contributed by atoms with E-state index in [0.717, 1.165) is 0 Å². The first-order valence-electron chi connectivity index (χ1n) is 6.25. The van der Waals surface area contributed by atoms with Crippen LogP contribution in [0, 0.1) is 0 Å². The highest BCUT2D eigenvalue weighted by atomic mass is 79.9. The summed E-state index contributed by atoms with van der Waals surface area (Å²) in [5.74, 6) is -0.695. The van der Waals surface area contributed by atoms with Gasteiger partial charge in [0.1, 0.15) is 5.75 Å². The molecular weight excluding hydrogens is 326 g/mol. The highest BCUT2D eigenvalue weighted by Crippen LogP contribution is 2.30. The maximum Gasteiger partial charge on any atom is 0.331 e. The molecule has 0 fully saturated rings. The van der Waals surface area contributed by atoms with Gasteiger partial charge < -0.3 is 14.7 Å². The predicted octanol–water partition coefficient (Wildman–Crippen LogP) is 2.84. The number of carbonyl (C=O) groups excluding carboxylic acids is 1. The number of nitrogens with zero attached hydrogens (tertiary/aromatic N) is 1. The SMILES string of the molecule is CCCN(C(C)=O)C(C(=O)O)c1ccc(OC)c(Br)c1. The van der Waals surface area contributed by atoms with Crippen LogP contribution in [0.1, 0.15) is 31.9 Å². The number of carboxylic acids is 1. The smallest absolute Gasteiger partial charge is 0.331 e. The lowest BCUT2D eigenvalue weighted by Crippen LogP contribution is -2.38. The lowest BCUT2D eigenvalue weighted by molar-refractivity contribution is -0.149. The fourth-order valence-corrected chi connectivity index (χ4v) is 2.58. The third-order valence-electron chi connectivity index (χ3n) is 2.91. The highest BCUT2D eigenvalue weighted by Gasteiger charge is 2.29. The Morgan fingerprint density at radius 3 is 2.50 bits per heavy atom. The molecule has 0 aromatic heterocycles. The minimum Gasteiger partial charge on any atom is -0.496 e. The van der Waals surface area contributed by atoms with Crippen molar-refractivity contribution in [1.29, 1.82) is 0 Å². The van der Waals surface area contributed by atoms with Crippen LogP contribution in [0.2, 0.25) is 0 Å². The Hall–Kier alpha value is -1.56. The number of aliphatic carboxylic acids is 1. The number of hydrogen-bond acceptors (Lipinski definition) is 3. The molecule has 0 aliphatic carbocycles. The van der Waals surface area contributed by atoms with Crippen LogP contribution in [0.3, 0.4) is 0 Å². The summed E-state index contributed by atoms with van der Waals surface area (Å²) in [7, 11) is 1.54. The zero-order valence-electron chi connectivity index (χ0n) is 11.7. The summed E-state index contributed by atoms with van der Waals surface area (Å²) in [5.41, 5.74) is 0.536. The minimum absolute atomic E-state index is 0.258. The fraction of sp³-hybridized carbons (Fsp3) is 0.429. The lowest BCUT2D eigenvalue weighted by atomic mass is 10.0. The summed E-state index contributed by atoms with van der Waals surface area (Å²) >= 11 is 3.33. The Kier molecular flexibility index (Phi) is 6.01. The van der Waals surface area contributed by atoms with Gasteiger partial charge in [-0.05, 0) is 40.0 Å². The Balaban J connectivity index is 3.22. The summed E-state index contributed by atoms with van der Waals surface area (Å²) < 4.78 is 5.78. The highest BCUT2D eigenvalue weighted by molar-refractivity contribution is 9.10. The molecule has 6 heteroatoms. The number of benzene rings is 1. The van der Waals surface area contributed by atoms with E-state index in [9.17, 15) is 14.7 Å². The second kappa shape index (κ2) is 7.28. The van der Waals surface area contributed by atoms with Crippen molar-refractivity contribution >= 4 is 27.8 Å². The molecule has 0 aliphatic heterocycles. The van der Waals surface area contributed by atoms with Crippen LogP contribution in [0.25, 0.3) is 0 Å². The van der Waals surface area contributed by atoms with Gasteiger partial charge in [-0.15, -0.1) is 0 Å². The first-order valence-corrected chi connectivity index (χ1v) is 7.05. The molecule has 1 unspecified atom stereocenters. The molecule has 0 spiro atoms. The average Bonchev–Trinajstić information content (AvgIpc) is 2.37. The van der Waals surface area contributed by atoms with Crippen molar-refractivity contribution in [1.82, 2.24) is 4.90 Å². The number of rotatable bonds is 6. The number of carbonyl (C=O) groups is 2. The van der Waals surface area contributed by atoms with Crippen LogP contribution in [0.15, 0.2) is 22.7 Å². The van der Waals surface area contributed by atoms with E-state index < -0.39 is 12.0 Å². The van der Waals surface area contributed by atoms with Gasteiger partial charge >= 0.3 is 5.97 Å². The summed E-state index contributed by atoms with van der Waals surface area (Å²) in [6.07, 6.45) is 0.695. The molecule has 0 saturated heterocycles. The molecule has 0 saturated carbocycles. The molecule has 0 aliphatic rings. The zero-order valence-corrected chi connectivity index (χ0v) is 13.3. The van der Waals surface area contributed by atoms with Crippen molar-refractivity contribution in [2.24, 2.45) is 0 Å². The number of methoxy groups -OCH3 is 1. The van der Waals surface area contributed by atoms with Crippen LogP contribution in [0.4, 0.5) is 0 Å². The molecule has 0 bridgehead atoms. The maximum atomic E-state index is 11.7. The van der Waals surface area contributed by atoms with E-state index in [1.54, 1.807) is 18.2 Å². The van der Waals surface area contributed by atoms with E-state index in [4.69, 9.17) is 4.74 Å². The molecule has 1 amide bonds. The predicted molar refractivity (Wildman–Crippen MR) is 78.7 cm³/mol. The third-order valence-corrected chi connectivity index (χ3v) is 3.53. The molecule has 20 heavy (non-hydrogen) atoms. The Bertz CT molecular complexity index is 504. The van der Waals surface area contributed by atoms with Crippen molar-refractivity contribution in [3.8, 4) is 5.75 Å². The van der Waals surface area contributed by atoms with Gasteiger partial charge in [0.15, 0.2) is 6.04 Å². The van der Waals surface area contributed by atoms with Crippen LogP contribution in [-0.2, 0) is 9.59 Å². The lowest BCUT2D eigenvalue weighted by Gasteiger charge is -2.28. The van der Waals surface area contributed by atoms with Gasteiger partial charge in [-0.3, -0.25) is 4.79 Å². The minimum atomic E-state index is -1.05. The zero-order chi connectivity index (χ0) is 15.3. The van der Waals surface area contributed by atoms with E-state index in [1.165, 1.54) is 18.9 Å². The van der Waals surface area contributed by atoms with Crippen LogP contribution in [0.5, 0.6) is 5.75 Å². The Labute approximate surface area is 126 Å². The molecule has 1 rings (SSSR count). The van der Waals surface area contributed by atoms with Crippen molar-refractivity contribution in [2.75, 3.05) is 13.7 Å². The average molecular weight is 344 g/mol. The van der Waals surface area contributed by atoms with E-state index in [0.29, 0.717) is 28.8 Å². The number of hydrogen-bond donors (Lipinski definition) is 1. The largest absolute Gasteiger partial charge is 0.496 e. The van der Waals surface area contributed by atoms with Gasteiger partial charge in [0.05, 0.1) is 11.6 Å². The second-order valence-corrected chi connectivity index (χ2v) is 5.20. The summed E-state index contributed by atoms with van der Waals surface area (Å²) in [4.78, 5) is 24.6. The van der Waals surface area contributed by atoms with Gasteiger partial charge in [0, 0.05) is 13.5 Å². The monoisotopic (exact) mass is 343 g/mol. The van der Waals surface area contributed by atoms with E-state index in [2.05, 4.69) is 15.9 Å². The second-order valence-electron chi connectivity index (χ2n) is 4.35. The fourth-order valence-electron chi connectivity index (χ4n) is 2.02. The molecule has 0 heterocycles. The van der Waals surface area contributed by atoms with Gasteiger partial charge in [0.2, 0.25) is 5.91 Å². The standard InChI is InChI=1S/C14H18BrNO4/c1-4-7-16(9(2)17)13(14(18)19)10-5-6-12(20-3)11(15)8-10/h5-6,8,13H,4,7H2,1-3H3,(H,18,19). The number of carboxylic acid groups (broad SMARTS) is 1. The van der Waals surface area contributed by atoms with Crippen LogP contribution < -0.4 is 4.74 Å². The van der Waals surface area contributed by atoms with Gasteiger partial charge in [-0.2, -0.15) is 0 Å². The summed E-state index contributed by atoms with van der Waals surface area (Å²) in [6.45, 7) is 3.68. The number of ether oxygens (including phenoxy) is 1. The van der Waals surface area contributed by atoms with Gasteiger partial charge in [-0.1, -0.05) is 13.0 Å². The van der Waals surface area contributed by atoms with Gasteiger partial charge in [-0.25, -0.2) is 4.79 Å².